The van der Waals surface area contributed by atoms with E-state index < -0.39 is 17.5 Å². The van der Waals surface area contributed by atoms with Crippen molar-refractivity contribution in [1.82, 2.24) is 20.0 Å². The third-order valence-corrected chi connectivity index (χ3v) is 7.06. The van der Waals surface area contributed by atoms with Gasteiger partial charge in [-0.15, -0.1) is 11.3 Å². The molecule has 10 heteroatoms. The molecule has 2 aromatic rings. The van der Waals surface area contributed by atoms with Crippen LogP contribution in [0.1, 0.15) is 21.7 Å². The number of nitrogens with zero attached hydrogens (tertiary/aromatic N) is 3. The van der Waals surface area contributed by atoms with Crippen molar-refractivity contribution in [2.75, 3.05) is 39.3 Å². The second-order valence-corrected chi connectivity index (χ2v) is 8.92. The zero-order valence-electron chi connectivity index (χ0n) is 17.3. The van der Waals surface area contributed by atoms with Crippen molar-refractivity contribution in [2.24, 2.45) is 0 Å². The maximum atomic E-state index is 13.3. The standard InChI is InChI=1S/C22H22N4O5S/c27-18(24-8-10-25(11-9-24)19(28)17-6-3-13-32-17)14-26-20(29)22(23-21(26)30)7-12-31-16-5-2-1-4-15(16)22/h1-6,13H,7-12,14H2,(H,23,30)/t22-/m1/s1. The molecule has 0 saturated carbocycles. The van der Waals surface area contributed by atoms with Crippen LogP contribution in [-0.4, -0.2) is 77.8 Å². The van der Waals surface area contributed by atoms with Crippen LogP contribution in [0.3, 0.4) is 0 Å². The molecular formula is C22H22N4O5S. The Morgan fingerprint density at radius 2 is 1.78 bits per heavy atom. The van der Waals surface area contributed by atoms with Gasteiger partial charge in [0, 0.05) is 38.2 Å². The van der Waals surface area contributed by atoms with Gasteiger partial charge in [-0.05, 0) is 17.5 Å². The normalized spacial score (nSPS) is 22.6. The summed E-state index contributed by atoms with van der Waals surface area (Å²) in [4.78, 5) is 56.4. The summed E-state index contributed by atoms with van der Waals surface area (Å²) in [6, 6.07) is 10.2. The lowest BCUT2D eigenvalue weighted by Gasteiger charge is -2.35. The summed E-state index contributed by atoms with van der Waals surface area (Å²) in [6.45, 7) is 1.52. The van der Waals surface area contributed by atoms with E-state index in [1.165, 1.54) is 11.3 Å². The fourth-order valence-corrected chi connectivity index (χ4v) is 5.16. The molecule has 0 bridgehead atoms. The number of piperazine rings is 1. The number of benzene rings is 1. The van der Waals surface area contributed by atoms with Crippen molar-refractivity contribution in [2.45, 2.75) is 12.0 Å². The molecule has 3 aliphatic heterocycles. The quantitative estimate of drug-likeness (QED) is 0.704. The first-order chi connectivity index (χ1) is 15.5. The van der Waals surface area contributed by atoms with Crippen molar-refractivity contribution in [1.29, 1.82) is 0 Å². The molecule has 4 heterocycles. The molecule has 0 radical (unpaired) electrons. The maximum absolute atomic E-state index is 13.3. The summed E-state index contributed by atoms with van der Waals surface area (Å²) in [5, 5.41) is 4.66. The predicted octanol–water partition coefficient (Wildman–Crippen LogP) is 1.26. The number of hydrogen-bond donors (Lipinski definition) is 1. The summed E-state index contributed by atoms with van der Waals surface area (Å²) in [5.74, 6) is -0.222. The minimum Gasteiger partial charge on any atom is -0.493 e. The fourth-order valence-electron chi connectivity index (χ4n) is 4.47. The second-order valence-electron chi connectivity index (χ2n) is 7.97. The molecule has 9 nitrogen and oxygen atoms in total. The molecule has 1 N–H and O–H groups in total. The van der Waals surface area contributed by atoms with Crippen LogP contribution in [0.2, 0.25) is 0 Å². The van der Waals surface area contributed by atoms with E-state index in [1.54, 1.807) is 34.1 Å². The number of para-hydroxylation sites is 1. The Morgan fingerprint density at radius 3 is 2.53 bits per heavy atom. The van der Waals surface area contributed by atoms with Crippen LogP contribution in [0.5, 0.6) is 5.75 Å². The monoisotopic (exact) mass is 454 g/mol. The first-order valence-corrected chi connectivity index (χ1v) is 11.3. The molecular weight excluding hydrogens is 432 g/mol. The number of amides is 5. The Hall–Kier alpha value is -3.40. The van der Waals surface area contributed by atoms with Gasteiger partial charge in [0.05, 0.1) is 11.5 Å². The van der Waals surface area contributed by atoms with Gasteiger partial charge in [0.15, 0.2) is 5.54 Å². The molecule has 2 saturated heterocycles. The summed E-state index contributed by atoms with van der Waals surface area (Å²) in [7, 11) is 0. The Balaban J connectivity index is 1.25. The van der Waals surface area contributed by atoms with Crippen LogP contribution in [-0.2, 0) is 15.1 Å². The number of urea groups is 1. The number of ether oxygens (including phenoxy) is 1. The van der Waals surface area contributed by atoms with Crippen molar-refractivity contribution in [3.05, 3.63) is 52.2 Å². The number of rotatable bonds is 3. The van der Waals surface area contributed by atoms with Crippen LogP contribution in [0.15, 0.2) is 41.8 Å². The van der Waals surface area contributed by atoms with E-state index in [0.717, 1.165) is 4.90 Å². The van der Waals surface area contributed by atoms with E-state index in [9.17, 15) is 19.2 Å². The highest BCUT2D eigenvalue weighted by atomic mass is 32.1. The largest absolute Gasteiger partial charge is 0.493 e. The van der Waals surface area contributed by atoms with Gasteiger partial charge in [-0.3, -0.25) is 19.3 Å². The van der Waals surface area contributed by atoms with Gasteiger partial charge in [0.1, 0.15) is 12.3 Å². The van der Waals surface area contributed by atoms with Crippen LogP contribution >= 0.6 is 11.3 Å². The van der Waals surface area contributed by atoms with Crippen molar-refractivity contribution < 1.29 is 23.9 Å². The Bertz CT molecular complexity index is 1080. The van der Waals surface area contributed by atoms with Crippen LogP contribution < -0.4 is 10.1 Å². The van der Waals surface area contributed by atoms with Crippen molar-refractivity contribution in [3.8, 4) is 5.75 Å². The molecule has 1 aromatic carbocycles. The van der Waals surface area contributed by atoms with Crippen molar-refractivity contribution in [3.63, 3.8) is 0 Å². The minimum absolute atomic E-state index is 0.0404. The molecule has 5 amide bonds. The van der Waals surface area contributed by atoms with Gasteiger partial charge >= 0.3 is 6.03 Å². The highest BCUT2D eigenvalue weighted by Crippen LogP contribution is 2.40. The molecule has 2 fully saturated rings. The first kappa shape index (κ1) is 20.5. The number of imide groups is 1. The van der Waals surface area contributed by atoms with E-state index in [4.69, 9.17) is 4.74 Å². The van der Waals surface area contributed by atoms with E-state index >= 15 is 0 Å². The molecule has 1 atom stereocenters. The minimum atomic E-state index is -1.20. The molecule has 166 valence electrons. The number of thiophene rings is 1. The molecule has 5 rings (SSSR count). The average molecular weight is 455 g/mol. The summed E-state index contributed by atoms with van der Waals surface area (Å²) in [5.41, 5.74) is -0.585. The molecule has 1 aromatic heterocycles. The average Bonchev–Trinajstić information content (AvgIpc) is 3.43. The first-order valence-electron chi connectivity index (χ1n) is 10.5. The van der Waals surface area contributed by atoms with Crippen molar-refractivity contribution >= 4 is 35.1 Å². The zero-order valence-corrected chi connectivity index (χ0v) is 18.1. The summed E-state index contributed by atoms with van der Waals surface area (Å²) >= 11 is 1.39. The van der Waals surface area contributed by atoms with E-state index in [-0.39, 0.29) is 18.4 Å². The highest BCUT2D eigenvalue weighted by molar-refractivity contribution is 7.12. The number of hydrogen-bond acceptors (Lipinski definition) is 6. The second kappa shape index (κ2) is 7.94. The smallest absolute Gasteiger partial charge is 0.325 e. The van der Waals surface area contributed by atoms with Crippen LogP contribution in [0.25, 0.3) is 0 Å². The van der Waals surface area contributed by atoms with Gasteiger partial charge < -0.3 is 19.9 Å². The van der Waals surface area contributed by atoms with E-state index in [0.29, 0.717) is 55.4 Å². The molecule has 1 spiro atoms. The highest BCUT2D eigenvalue weighted by Gasteiger charge is 2.55. The lowest BCUT2D eigenvalue weighted by atomic mass is 9.84. The van der Waals surface area contributed by atoms with E-state index in [2.05, 4.69) is 5.32 Å². The Kier molecular flexibility index (Phi) is 5.09. The SMILES string of the molecule is O=C(CN1C(=O)N[C@@]2(CCOc3ccccc32)C1=O)N1CCN(C(=O)c2cccs2)CC1. The zero-order chi connectivity index (χ0) is 22.3. The molecule has 0 aliphatic carbocycles. The van der Waals surface area contributed by atoms with Crippen LogP contribution in [0, 0.1) is 0 Å². The lowest BCUT2D eigenvalue weighted by Crippen LogP contribution is -2.53. The Morgan fingerprint density at radius 1 is 1.03 bits per heavy atom. The topological polar surface area (TPSA) is 99.3 Å². The van der Waals surface area contributed by atoms with E-state index in [1.807, 2.05) is 17.5 Å². The molecule has 0 unspecified atom stereocenters. The Labute approximate surface area is 188 Å². The van der Waals surface area contributed by atoms with Gasteiger partial charge in [-0.1, -0.05) is 24.3 Å². The molecule has 3 aliphatic rings. The number of carbonyl (C=O) groups excluding carboxylic acids is 4. The number of carbonyl (C=O) groups is 4. The van der Waals surface area contributed by atoms with Crippen LogP contribution in [0.4, 0.5) is 4.79 Å². The van der Waals surface area contributed by atoms with Gasteiger partial charge in [-0.25, -0.2) is 4.79 Å². The third-order valence-electron chi connectivity index (χ3n) is 6.20. The molecule has 32 heavy (non-hydrogen) atoms. The lowest BCUT2D eigenvalue weighted by molar-refractivity contribution is -0.140. The fraction of sp³-hybridized carbons (Fsp3) is 0.364. The van der Waals surface area contributed by atoms with Gasteiger partial charge in [0.25, 0.3) is 11.8 Å². The van der Waals surface area contributed by atoms with Gasteiger partial charge in [-0.2, -0.15) is 0 Å². The number of fused-ring (bicyclic) bond motifs is 2. The summed E-state index contributed by atoms with van der Waals surface area (Å²) < 4.78 is 5.63. The maximum Gasteiger partial charge on any atom is 0.325 e. The predicted molar refractivity (Wildman–Crippen MR) is 115 cm³/mol. The third kappa shape index (κ3) is 3.31. The van der Waals surface area contributed by atoms with Gasteiger partial charge in [0.2, 0.25) is 5.91 Å². The number of nitrogens with one attached hydrogen (secondary N) is 1. The summed E-state index contributed by atoms with van der Waals surface area (Å²) in [6.07, 6.45) is 0.308.